The number of hydrogen-bond acceptors (Lipinski definition) is 23. The lowest BCUT2D eigenvalue weighted by molar-refractivity contribution is -0.317. The molecule has 2 aliphatic rings. The molecule has 2 saturated heterocycles. The second-order valence-corrected chi connectivity index (χ2v) is 11.4. The number of hydrogen-bond donors (Lipinski definition) is 9. The summed E-state index contributed by atoms with van der Waals surface area (Å²) in [5.41, 5.74) is 5.47. The van der Waals surface area contributed by atoms with E-state index in [4.69, 9.17) is 20.3 Å². The average Bonchev–Trinajstić information content (AvgIpc) is 3.84. The van der Waals surface area contributed by atoms with Gasteiger partial charge in [-0.25, -0.2) is 19.9 Å². The van der Waals surface area contributed by atoms with E-state index in [0.29, 0.717) is 0 Å². The summed E-state index contributed by atoms with van der Waals surface area (Å²) >= 11 is 0. The number of fused-ring (bicyclic) bond motifs is 1. The smallest absolute Gasteiger partial charge is 0.274 e. The van der Waals surface area contributed by atoms with E-state index >= 15 is 0 Å². The van der Waals surface area contributed by atoms with Crippen LogP contribution in [0.3, 0.4) is 0 Å². The second kappa shape index (κ2) is 16.8. The Labute approximate surface area is 294 Å². The zero-order valence-corrected chi connectivity index (χ0v) is 26.8. The van der Waals surface area contributed by atoms with Crippen molar-refractivity contribution in [3.63, 3.8) is 0 Å². The van der Waals surface area contributed by atoms with Crippen LogP contribution in [-0.4, -0.2) is 151 Å². The van der Waals surface area contributed by atoms with Crippen molar-refractivity contribution in [3.05, 3.63) is 24.7 Å². The first-order valence-electron chi connectivity index (χ1n) is 15.1. The number of carbonyl (C=O) groups is 5. The van der Waals surface area contributed by atoms with E-state index in [1.807, 2.05) is 5.32 Å². The molecule has 3 aromatic heterocycles. The summed E-state index contributed by atoms with van der Waals surface area (Å²) in [4.78, 5) is 70.8. The number of carboxylic acid groups (broad SMARTS) is 4. The van der Waals surface area contributed by atoms with Crippen molar-refractivity contribution in [3.8, 4) is 0 Å². The molecule has 0 radical (unpaired) electrons. The van der Waals surface area contributed by atoms with Gasteiger partial charge >= 0.3 is 0 Å². The van der Waals surface area contributed by atoms with Gasteiger partial charge < -0.3 is 96.1 Å². The highest BCUT2D eigenvalue weighted by Crippen LogP contribution is 2.33. The predicted molar refractivity (Wildman–Crippen MR) is 156 cm³/mol. The molecule has 0 aromatic carbocycles. The molecule has 1 amide bonds. The fourth-order valence-corrected chi connectivity index (χ4v) is 5.22. The van der Waals surface area contributed by atoms with Crippen molar-refractivity contribution in [2.24, 2.45) is 0 Å². The molecule has 2 aliphatic heterocycles. The minimum Gasteiger partial charge on any atom is -0.550 e. The van der Waals surface area contributed by atoms with Gasteiger partial charge in [-0.05, 0) is 0 Å². The number of imidazole rings is 2. The van der Waals surface area contributed by atoms with Crippen molar-refractivity contribution >= 4 is 52.6 Å². The normalized spacial score (nSPS) is 26.3. The van der Waals surface area contributed by atoms with Crippen LogP contribution < -0.4 is 36.8 Å². The summed E-state index contributed by atoms with van der Waals surface area (Å²) < 4.78 is 12.9. The van der Waals surface area contributed by atoms with Crippen LogP contribution in [0.2, 0.25) is 0 Å². The molecule has 0 spiro atoms. The number of nitrogens with one attached hydrogen (secondary N) is 2. The molecule has 290 valence electrons. The van der Waals surface area contributed by atoms with Gasteiger partial charge in [-0.1, -0.05) is 0 Å². The van der Waals surface area contributed by atoms with E-state index in [1.165, 1.54) is 10.9 Å². The highest BCUT2D eigenvalue weighted by atomic mass is 16.6. The lowest BCUT2D eigenvalue weighted by atomic mass is 10.1. The Kier molecular flexibility index (Phi) is 12.7. The molecule has 5 heterocycles. The molecule has 4 unspecified atom stereocenters. The Morgan fingerprint density at radius 2 is 1.26 bits per heavy atom. The Balaban J connectivity index is 0.000000237. The molecule has 0 aliphatic carbocycles. The van der Waals surface area contributed by atoms with Crippen LogP contribution in [0.5, 0.6) is 0 Å². The van der Waals surface area contributed by atoms with Crippen molar-refractivity contribution in [1.29, 1.82) is 0 Å². The van der Waals surface area contributed by atoms with Crippen LogP contribution >= 0.6 is 0 Å². The number of aliphatic carboxylic acids is 4. The maximum Gasteiger partial charge on any atom is 0.274 e. The Morgan fingerprint density at radius 1 is 0.755 bits per heavy atom. The number of carbonyl (C=O) groups excluding carboxylic acids is 5. The molecule has 3 aromatic rings. The number of aliphatic hydroxyl groups is 6. The predicted octanol–water partition coefficient (Wildman–Crippen LogP) is -10.8. The third-order valence-corrected chi connectivity index (χ3v) is 7.92. The van der Waals surface area contributed by atoms with Gasteiger partial charge in [0.05, 0.1) is 49.9 Å². The second-order valence-electron chi connectivity index (χ2n) is 11.4. The van der Waals surface area contributed by atoms with Gasteiger partial charge in [0.2, 0.25) is 0 Å². The number of rotatable bonds is 14. The number of aromatic nitrogens is 6. The Bertz CT molecular complexity index is 1820. The maximum absolute atomic E-state index is 12.1. The zero-order chi connectivity index (χ0) is 39.3. The number of anilines is 2. The molecular formula is C27H31N9O17-4. The zero-order valence-electron chi connectivity index (χ0n) is 26.8. The average molecular weight is 754 g/mol. The highest BCUT2D eigenvalue weighted by molar-refractivity contribution is 5.99. The monoisotopic (exact) mass is 753 g/mol. The van der Waals surface area contributed by atoms with E-state index < -0.39 is 123 Å². The van der Waals surface area contributed by atoms with Crippen LogP contribution in [0, 0.1) is 0 Å². The number of aliphatic hydroxyl groups excluding tert-OH is 6. The summed E-state index contributed by atoms with van der Waals surface area (Å²) in [6, 6.07) is -3.49. The first-order valence-corrected chi connectivity index (χ1v) is 15.1. The molecule has 53 heavy (non-hydrogen) atoms. The first-order chi connectivity index (χ1) is 25.0. The molecule has 10 atom stereocenters. The minimum absolute atomic E-state index is 0.0693. The first kappa shape index (κ1) is 40.2. The van der Waals surface area contributed by atoms with Gasteiger partial charge in [0.1, 0.15) is 48.8 Å². The molecule has 26 heteroatoms. The lowest BCUT2D eigenvalue weighted by Crippen LogP contribution is -2.50. The van der Waals surface area contributed by atoms with E-state index in [9.17, 15) is 69.9 Å². The number of nitrogen functional groups attached to an aromatic ring is 1. The maximum atomic E-state index is 12.1. The van der Waals surface area contributed by atoms with Crippen molar-refractivity contribution in [2.45, 2.75) is 74.0 Å². The molecule has 2 fully saturated rings. The van der Waals surface area contributed by atoms with Gasteiger partial charge in [0, 0.05) is 24.8 Å². The SMILES string of the molecule is Nc1c(C(=O)NC(CC(=O)[O-])C(=O)[O-])ncn1[C@@H]1O[C@H](CO)[C@H](O)C1O.O=C([O-])CC(Nc1ncnc2c1ncn2[C@@H]1O[C@H](CO)[C@H](O)C1O)C(=O)[O-]. The van der Waals surface area contributed by atoms with Crippen molar-refractivity contribution in [1.82, 2.24) is 34.4 Å². The van der Waals surface area contributed by atoms with Gasteiger partial charge in [0.25, 0.3) is 5.91 Å². The topological polar surface area (TPSA) is 429 Å². The third kappa shape index (κ3) is 8.72. The Morgan fingerprint density at radius 3 is 1.75 bits per heavy atom. The minimum atomic E-state index is -1.87. The highest BCUT2D eigenvalue weighted by Gasteiger charge is 2.45. The third-order valence-electron chi connectivity index (χ3n) is 7.92. The van der Waals surface area contributed by atoms with Crippen molar-refractivity contribution in [2.75, 3.05) is 24.3 Å². The summed E-state index contributed by atoms with van der Waals surface area (Å²) in [6.45, 7) is -1.09. The summed E-state index contributed by atoms with van der Waals surface area (Å²) in [7, 11) is 0. The number of nitrogens with zero attached hydrogens (tertiary/aromatic N) is 6. The quantitative estimate of drug-likeness (QED) is 0.0737. The molecular weight excluding hydrogens is 722 g/mol. The lowest BCUT2D eigenvalue weighted by Gasteiger charge is -2.20. The molecule has 26 nitrogen and oxygen atoms in total. The van der Waals surface area contributed by atoms with Gasteiger partial charge in [-0.15, -0.1) is 0 Å². The molecule has 0 bridgehead atoms. The number of carboxylic acids is 4. The standard InChI is InChI=1S/C14H17N5O8.C13H18N4O9/c20-2-6-9(23)10(24)13(27-6)19-4-17-8-11(15-3-16-12(8)19)18-5(14(25)26)1-7(21)22;14-10-7(11(23)16-4(13(24)25)1-6(19)20)15-3-17(10)12-9(22)8(21)5(2-18)26-12/h3-6,9-10,13,20,23-24H,1-2H2,(H,21,22)(H,25,26)(H,15,16,18);3-5,8-9,12,18,21-22H,1-2,14H2,(H,16,23)(H,19,20)(H,24,25)/p-4/t5?,6-,9+,10?,13-;4?,5-,8+,9?,12-/m11/s1. The largest absolute Gasteiger partial charge is 0.550 e. The summed E-state index contributed by atoms with van der Waals surface area (Å²) in [6.07, 6.45) is -8.64. The van der Waals surface area contributed by atoms with E-state index in [0.717, 1.165) is 17.2 Å². The van der Waals surface area contributed by atoms with Gasteiger partial charge in [0.15, 0.2) is 35.1 Å². The van der Waals surface area contributed by atoms with Crippen LogP contribution in [0.1, 0.15) is 35.8 Å². The van der Waals surface area contributed by atoms with Gasteiger partial charge in [-0.3, -0.25) is 13.9 Å². The number of amides is 1. The molecule has 10 N–H and O–H groups in total. The summed E-state index contributed by atoms with van der Waals surface area (Å²) in [5.74, 6) is -8.37. The van der Waals surface area contributed by atoms with Crippen LogP contribution in [0.25, 0.3) is 11.2 Å². The fraction of sp³-hybridized carbons (Fsp3) is 0.519. The van der Waals surface area contributed by atoms with Crippen LogP contribution in [-0.2, 0) is 28.7 Å². The van der Waals surface area contributed by atoms with E-state index in [2.05, 4.69) is 25.3 Å². The number of ether oxygens (including phenoxy) is 2. The fourth-order valence-electron chi connectivity index (χ4n) is 5.22. The molecule has 0 saturated carbocycles. The van der Waals surface area contributed by atoms with E-state index in [-0.39, 0.29) is 22.8 Å². The summed E-state index contributed by atoms with van der Waals surface area (Å²) in [5, 5.41) is 105. The van der Waals surface area contributed by atoms with Crippen LogP contribution in [0.4, 0.5) is 11.6 Å². The molecule has 5 rings (SSSR count). The number of nitrogens with two attached hydrogens (primary N) is 1. The van der Waals surface area contributed by atoms with Gasteiger partial charge in [-0.2, -0.15) is 0 Å². The van der Waals surface area contributed by atoms with E-state index in [1.54, 1.807) is 0 Å². The van der Waals surface area contributed by atoms with Crippen LogP contribution in [0.15, 0.2) is 19.0 Å². The Hall–Kier alpha value is -5.61. The van der Waals surface area contributed by atoms with Crippen molar-refractivity contribution < 1.29 is 84.5 Å².